The first kappa shape index (κ1) is 23.5. The zero-order chi connectivity index (χ0) is 23.1. The Morgan fingerprint density at radius 3 is 2.62 bits per heavy atom. The molecule has 8 heteroatoms. The van der Waals surface area contributed by atoms with E-state index in [4.69, 9.17) is 21.7 Å². The van der Waals surface area contributed by atoms with E-state index in [1.165, 1.54) is 0 Å². The molecule has 3 aromatic rings. The van der Waals surface area contributed by atoms with Crippen LogP contribution in [-0.2, 0) is 11.3 Å². The number of nitrogens with zero attached hydrogens (tertiary/aromatic N) is 2. The van der Waals surface area contributed by atoms with Gasteiger partial charge in [-0.3, -0.25) is 14.5 Å². The van der Waals surface area contributed by atoms with Crippen molar-refractivity contribution in [3.63, 3.8) is 0 Å². The molecule has 0 bridgehead atoms. The maximum Gasteiger partial charge on any atom is 0.222 e. The second-order valence-corrected chi connectivity index (χ2v) is 7.87. The Morgan fingerprint density at radius 1 is 1.16 bits per heavy atom. The van der Waals surface area contributed by atoms with Gasteiger partial charge in [0.1, 0.15) is 0 Å². The number of nitrogens with one attached hydrogen (secondary N) is 2. The van der Waals surface area contributed by atoms with Gasteiger partial charge in [0.25, 0.3) is 0 Å². The van der Waals surface area contributed by atoms with E-state index in [-0.39, 0.29) is 18.4 Å². The minimum absolute atomic E-state index is 0.0670. The molecule has 0 aliphatic rings. The van der Waals surface area contributed by atoms with Crippen molar-refractivity contribution in [2.75, 3.05) is 13.2 Å². The molecule has 0 fully saturated rings. The van der Waals surface area contributed by atoms with Gasteiger partial charge in [0.15, 0.2) is 22.1 Å². The molecular weight excluding hydrogens is 424 g/mol. The van der Waals surface area contributed by atoms with E-state index in [2.05, 4.69) is 15.5 Å². The molecule has 3 rings (SSSR count). The molecule has 1 atom stereocenters. The third kappa shape index (κ3) is 5.76. The molecule has 7 nitrogen and oxygen atoms in total. The summed E-state index contributed by atoms with van der Waals surface area (Å²) in [6.45, 7) is 9.38. The van der Waals surface area contributed by atoms with Crippen LogP contribution >= 0.6 is 12.2 Å². The highest BCUT2D eigenvalue weighted by molar-refractivity contribution is 7.71. The molecule has 0 spiro atoms. The quantitative estimate of drug-likeness (QED) is 0.422. The highest BCUT2D eigenvalue weighted by atomic mass is 32.1. The van der Waals surface area contributed by atoms with Gasteiger partial charge in [0.05, 0.1) is 19.3 Å². The number of ether oxygens (including phenoxy) is 2. The van der Waals surface area contributed by atoms with E-state index in [1.807, 2.05) is 74.7 Å². The molecule has 0 radical (unpaired) electrons. The summed E-state index contributed by atoms with van der Waals surface area (Å²) in [5.74, 6) is 2.05. The number of H-pyrrole nitrogens is 1. The topological polar surface area (TPSA) is 81.2 Å². The maximum absolute atomic E-state index is 12.7. The van der Waals surface area contributed by atoms with Crippen LogP contribution in [0.4, 0.5) is 0 Å². The molecule has 1 heterocycles. The number of aryl methyl sites for hydroxylation is 1. The largest absolute Gasteiger partial charge is 0.490 e. The van der Waals surface area contributed by atoms with E-state index in [9.17, 15) is 4.79 Å². The lowest BCUT2D eigenvalue weighted by molar-refractivity contribution is -0.121. The van der Waals surface area contributed by atoms with Gasteiger partial charge in [-0.05, 0) is 63.7 Å². The van der Waals surface area contributed by atoms with E-state index < -0.39 is 0 Å². The first-order valence-corrected chi connectivity index (χ1v) is 11.2. The van der Waals surface area contributed by atoms with Gasteiger partial charge in [-0.25, -0.2) is 0 Å². The van der Waals surface area contributed by atoms with Gasteiger partial charge in [-0.2, -0.15) is 5.10 Å². The van der Waals surface area contributed by atoms with Crippen LogP contribution in [0.5, 0.6) is 11.5 Å². The number of amides is 1. The number of carbonyl (C=O) groups is 1. The summed E-state index contributed by atoms with van der Waals surface area (Å²) in [5, 5.41) is 10.2. The number of aromatic amines is 1. The van der Waals surface area contributed by atoms with Crippen LogP contribution in [0.1, 0.15) is 44.4 Å². The lowest BCUT2D eigenvalue weighted by Crippen LogP contribution is -2.27. The van der Waals surface area contributed by atoms with Crippen molar-refractivity contribution < 1.29 is 14.3 Å². The second kappa shape index (κ2) is 10.9. The van der Waals surface area contributed by atoms with E-state index >= 15 is 0 Å². The zero-order valence-corrected chi connectivity index (χ0v) is 19.8. The van der Waals surface area contributed by atoms with Crippen LogP contribution in [0.2, 0.25) is 0 Å². The van der Waals surface area contributed by atoms with Crippen molar-refractivity contribution in [2.45, 2.75) is 46.7 Å². The van der Waals surface area contributed by atoms with Crippen molar-refractivity contribution in [2.24, 2.45) is 0 Å². The van der Waals surface area contributed by atoms with E-state index in [0.29, 0.717) is 36.0 Å². The van der Waals surface area contributed by atoms with Gasteiger partial charge in [-0.1, -0.05) is 29.8 Å². The SMILES string of the molecule is CCOc1ccc(C(C)NC(=O)CCn2c(-c3cccc(C)c3)n[nH]c2=S)cc1OCC. The lowest BCUT2D eigenvalue weighted by atomic mass is 10.1. The van der Waals surface area contributed by atoms with Gasteiger partial charge in [0.2, 0.25) is 5.91 Å². The van der Waals surface area contributed by atoms with Gasteiger partial charge < -0.3 is 14.8 Å². The fourth-order valence-corrected chi connectivity index (χ4v) is 3.70. The highest BCUT2D eigenvalue weighted by Gasteiger charge is 2.15. The Hall–Kier alpha value is -3.13. The fraction of sp³-hybridized carbons (Fsp3) is 0.375. The van der Waals surface area contributed by atoms with Crippen molar-refractivity contribution >= 4 is 18.1 Å². The normalized spacial score (nSPS) is 11.8. The molecule has 0 saturated carbocycles. The summed E-state index contributed by atoms with van der Waals surface area (Å²) < 4.78 is 13.7. The van der Waals surface area contributed by atoms with Crippen LogP contribution in [-0.4, -0.2) is 33.9 Å². The van der Waals surface area contributed by atoms with Crippen molar-refractivity contribution in [3.8, 4) is 22.9 Å². The molecule has 32 heavy (non-hydrogen) atoms. The average Bonchev–Trinajstić information content (AvgIpc) is 3.14. The molecule has 2 aromatic carbocycles. The van der Waals surface area contributed by atoms with Gasteiger partial charge >= 0.3 is 0 Å². The van der Waals surface area contributed by atoms with Crippen LogP contribution in [0.25, 0.3) is 11.4 Å². The van der Waals surface area contributed by atoms with Crippen molar-refractivity contribution in [1.82, 2.24) is 20.1 Å². The highest BCUT2D eigenvalue weighted by Crippen LogP contribution is 2.30. The number of hydrogen-bond acceptors (Lipinski definition) is 5. The first-order valence-electron chi connectivity index (χ1n) is 10.8. The van der Waals surface area contributed by atoms with Crippen LogP contribution in [0, 0.1) is 11.7 Å². The standard InChI is InChI=1S/C24H30N4O3S/c1-5-30-20-11-10-18(15-21(20)31-6-2)17(4)25-22(29)12-13-28-23(26-27-24(28)32)19-9-7-8-16(3)14-19/h7-11,14-15,17H,5-6,12-13H2,1-4H3,(H,25,29)(H,27,32). The summed E-state index contributed by atoms with van der Waals surface area (Å²) in [5.41, 5.74) is 3.05. The van der Waals surface area contributed by atoms with E-state index in [1.54, 1.807) is 0 Å². The van der Waals surface area contributed by atoms with Crippen LogP contribution in [0.3, 0.4) is 0 Å². The molecule has 1 unspecified atom stereocenters. The Morgan fingerprint density at radius 2 is 1.91 bits per heavy atom. The number of benzene rings is 2. The molecule has 170 valence electrons. The van der Waals surface area contributed by atoms with Crippen LogP contribution < -0.4 is 14.8 Å². The summed E-state index contributed by atoms with van der Waals surface area (Å²) in [6, 6.07) is 13.6. The predicted molar refractivity (Wildman–Crippen MR) is 128 cm³/mol. The van der Waals surface area contributed by atoms with Crippen molar-refractivity contribution in [1.29, 1.82) is 0 Å². The van der Waals surface area contributed by atoms with Gasteiger partial charge in [-0.15, -0.1) is 0 Å². The first-order chi connectivity index (χ1) is 15.4. The molecule has 0 aliphatic heterocycles. The lowest BCUT2D eigenvalue weighted by Gasteiger charge is -2.18. The number of rotatable bonds is 10. The number of aromatic nitrogens is 3. The third-order valence-electron chi connectivity index (χ3n) is 5.04. The molecule has 0 aliphatic carbocycles. The molecule has 0 saturated heterocycles. The Kier molecular flexibility index (Phi) is 8.05. The van der Waals surface area contributed by atoms with Gasteiger partial charge in [0, 0.05) is 18.5 Å². The van der Waals surface area contributed by atoms with Crippen LogP contribution in [0.15, 0.2) is 42.5 Å². The summed E-state index contributed by atoms with van der Waals surface area (Å²) >= 11 is 5.38. The summed E-state index contributed by atoms with van der Waals surface area (Å²) in [6.07, 6.45) is 0.284. The van der Waals surface area contributed by atoms with E-state index in [0.717, 1.165) is 22.5 Å². The predicted octanol–water partition coefficient (Wildman–Crippen LogP) is 4.98. The number of carbonyl (C=O) groups excluding carboxylic acids is 1. The second-order valence-electron chi connectivity index (χ2n) is 7.48. The molecular formula is C24H30N4O3S. The molecule has 1 amide bonds. The minimum atomic E-state index is -0.175. The third-order valence-corrected chi connectivity index (χ3v) is 5.35. The van der Waals surface area contributed by atoms with Crippen molar-refractivity contribution in [3.05, 3.63) is 58.4 Å². The number of hydrogen-bond donors (Lipinski definition) is 2. The smallest absolute Gasteiger partial charge is 0.222 e. The molecule has 1 aromatic heterocycles. The molecule has 2 N–H and O–H groups in total. The Bertz CT molecular complexity index is 1120. The maximum atomic E-state index is 12.7. The fourth-order valence-electron chi connectivity index (χ4n) is 3.48. The Labute approximate surface area is 193 Å². The average molecular weight is 455 g/mol. The Balaban J connectivity index is 1.66. The monoisotopic (exact) mass is 454 g/mol. The summed E-state index contributed by atoms with van der Waals surface area (Å²) in [4.78, 5) is 12.7. The zero-order valence-electron chi connectivity index (χ0n) is 19.0. The minimum Gasteiger partial charge on any atom is -0.490 e. The summed E-state index contributed by atoms with van der Waals surface area (Å²) in [7, 11) is 0.